The molecule has 4 heteroatoms. The van der Waals surface area contributed by atoms with Gasteiger partial charge in [0.05, 0.1) is 5.30 Å². The molecule has 0 fully saturated rings. The lowest BCUT2D eigenvalue weighted by Gasteiger charge is -2.31. The van der Waals surface area contributed by atoms with Gasteiger partial charge in [-0.2, -0.15) is 0 Å². The van der Waals surface area contributed by atoms with Crippen molar-refractivity contribution in [3.05, 3.63) is 113 Å². The summed E-state index contributed by atoms with van der Waals surface area (Å²) >= 11 is 0. The van der Waals surface area contributed by atoms with Crippen LogP contribution < -0.4 is 14.4 Å². The van der Waals surface area contributed by atoms with Gasteiger partial charge >= 0.3 is 7.60 Å². The van der Waals surface area contributed by atoms with Crippen molar-refractivity contribution >= 4 is 12.9 Å². The van der Waals surface area contributed by atoms with E-state index in [2.05, 4.69) is 119 Å². The van der Waals surface area contributed by atoms with Crippen molar-refractivity contribution in [3.63, 3.8) is 0 Å². The molecule has 0 radical (unpaired) electrons. The van der Waals surface area contributed by atoms with E-state index in [-0.39, 0.29) is 21.7 Å². The van der Waals surface area contributed by atoms with E-state index in [1.807, 2.05) is 54.6 Å². The highest BCUT2D eigenvalue weighted by Crippen LogP contribution is 2.52. The molecule has 0 heterocycles. The minimum Gasteiger partial charge on any atom is -0.412 e. The minimum absolute atomic E-state index is 0.0425. The van der Waals surface area contributed by atoms with E-state index in [9.17, 15) is 0 Å². The Morgan fingerprint density at radius 1 is 0.455 bits per heavy atom. The molecule has 0 N–H and O–H groups in total. The second kappa shape index (κ2) is 11.9. The molecule has 0 unspecified atom stereocenters. The van der Waals surface area contributed by atoms with Gasteiger partial charge in [-0.3, -0.25) is 0 Å². The average Bonchev–Trinajstić information content (AvgIpc) is 2.91. The van der Waals surface area contributed by atoms with E-state index in [1.165, 1.54) is 11.1 Å². The molecule has 0 aliphatic heterocycles. The lowest BCUT2D eigenvalue weighted by molar-refractivity contribution is 0.387. The van der Waals surface area contributed by atoms with Crippen LogP contribution in [0, 0.1) is 0 Å². The second-order valence-corrected chi connectivity index (χ2v) is 17.9. The molecule has 4 rings (SSSR count). The van der Waals surface area contributed by atoms with Crippen LogP contribution in [0.2, 0.25) is 0 Å². The summed E-state index contributed by atoms with van der Waals surface area (Å²) < 4.78 is 28.8. The molecule has 0 aliphatic carbocycles. The largest absolute Gasteiger partial charge is 0.462 e. The zero-order valence-corrected chi connectivity index (χ0v) is 29.7. The molecule has 0 bridgehead atoms. The Hall–Kier alpha value is -3.29. The third-order valence-corrected chi connectivity index (χ3v) is 9.80. The average molecular weight is 611 g/mol. The van der Waals surface area contributed by atoms with Crippen molar-refractivity contribution < 1.29 is 13.6 Å². The topological polar surface area (TPSA) is 35.5 Å². The molecule has 4 aromatic rings. The normalized spacial score (nSPS) is 13.1. The number of benzene rings is 4. The molecule has 0 aromatic heterocycles. The van der Waals surface area contributed by atoms with Crippen molar-refractivity contribution in [2.45, 2.75) is 105 Å². The van der Waals surface area contributed by atoms with Crippen LogP contribution in [0.1, 0.15) is 105 Å². The third-order valence-electron chi connectivity index (χ3n) is 8.01. The van der Waals surface area contributed by atoms with Crippen molar-refractivity contribution in [2.75, 3.05) is 0 Å². The van der Waals surface area contributed by atoms with Crippen LogP contribution in [0.15, 0.2) is 91.0 Å². The number of hydrogen-bond acceptors (Lipinski definition) is 3. The van der Waals surface area contributed by atoms with Gasteiger partial charge in [0.2, 0.25) is 0 Å². The van der Waals surface area contributed by atoms with E-state index in [0.717, 1.165) is 22.3 Å². The summed E-state index contributed by atoms with van der Waals surface area (Å²) in [7, 11) is -3.97. The molecule has 0 atom stereocenters. The first-order valence-corrected chi connectivity index (χ1v) is 17.2. The zero-order chi connectivity index (χ0) is 32.7. The summed E-state index contributed by atoms with van der Waals surface area (Å²) in [5.74, 6) is 1.14. The molecule has 234 valence electrons. The lowest BCUT2D eigenvalue weighted by atomic mass is 9.80. The van der Waals surface area contributed by atoms with Crippen molar-refractivity contribution in [3.8, 4) is 22.6 Å². The zero-order valence-electron chi connectivity index (χ0n) is 28.8. The highest BCUT2D eigenvalue weighted by atomic mass is 31.2. The maximum absolute atomic E-state index is 15.4. The molecule has 0 saturated heterocycles. The first-order chi connectivity index (χ1) is 20.2. The summed E-state index contributed by atoms with van der Waals surface area (Å²) in [5, 5.41) is 0.512. The predicted molar refractivity (Wildman–Crippen MR) is 188 cm³/mol. The monoisotopic (exact) mass is 610 g/mol. The molecule has 4 aromatic carbocycles. The van der Waals surface area contributed by atoms with Gasteiger partial charge < -0.3 is 9.05 Å². The van der Waals surface area contributed by atoms with Gasteiger partial charge in [0, 0.05) is 11.1 Å². The van der Waals surface area contributed by atoms with Crippen molar-refractivity contribution in [1.82, 2.24) is 0 Å². The van der Waals surface area contributed by atoms with Gasteiger partial charge in [0.25, 0.3) is 0 Å². The van der Waals surface area contributed by atoms with Gasteiger partial charge in [-0.25, -0.2) is 4.57 Å². The van der Waals surface area contributed by atoms with E-state index in [0.29, 0.717) is 16.8 Å². The summed E-state index contributed by atoms with van der Waals surface area (Å²) in [4.78, 5) is 0. The number of hydrogen-bond donors (Lipinski definition) is 0. The Bertz CT molecular complexity index is 1570. The maximum Gasteiger partial charge on any atom is 0.462 e. The Morgan fingerprint density at radius 3 is 1.30 bits per heavy atom. The smallest absolute Gasteiger partial charge is 0.412 e. The van der Waals surface area contributed by atoms with Gasteiger partial charge in [0.15, 0.2) is 0 Å². The molecular formula is C40H51O3P. The number of rotatable bonds is 6. The Kier molecular flexibility index (Phi) is 9.09. The fourth-order valence-corrected chi connectivity index (χ4v) is 6.84. The summed E-state index contributed by atoms with van der Waals surface area (Å²) in [6, 6.07) is 30.3. The van der Waals surface area contributed by atoms with Crippen LogP contribution in [0.5, 0.6) is 11.5 Å². The quantitative estimate of drug-likeness (QED) is 0.204. The van der Waals surface area contributed by atoms with Crippen LogP contribution >= 0.6 is 7.60 Å². The summed E-state index contributed by atoms with van der Waals surface area (Å²) in [6.07, 6.45) is 0. The van der Waals surface area contributed by atoms with Gasteiger partial charge in [0.1, 0.15) is 11.5 Å². The third kappa shape index (κ3) is 7.67. The molecular weight excluding hydrogens is 559 g/mol. The Morgan fingerprint density at radius 2 is 0.886 bits per heavy atom. The predicted octanol–water partition coefficient (Wildman–Crippen LogP) is 11.5. The first-order valence-electron chi connectivity index (χ1n) is 15.6. The van der Waals surface area contributed by atoms with Crippen molar-refractivity contribution in [2.24, 2.45) is 0 Å². The van der Waals surface area contributed by atoms with Crippen LogP contribution in [0.4, 0.5) is 0 Å². The maximum atomic E-state index is 15.4. The minimum atomic E-state index is -3.97. The molecule has 44 heavy (non-hydrogen) atoms. The Balaban J connectivity index is 1.94. The van der Waals surface area contributed by atoms with Gasteiger partial charge in [-0.05, 0) is 68.2 Å². The van der Waals surface area contributed by atoms with Crippen LogP contribution in [0.3, 0.4) is 0 Å². The standard InChI is InChI=1S/C40H51O3P/c1-37(2,3)30-21-23-35(33(26-30)39(7,8)9)42-44(41,32-20-16-19-29(25-32)28-17-14-13-15-18-28)43-36-24-22-31(38(4,5)6)27-34(36)40(10,11)12/h13-27H,1-12H3. The fraction of sp³-hybridized carbons (Fsp3) is 0.400. The van der Waals surface area contributed by atoms with E-state index < -0.39 is 7.60 Å². The van der Waals surface area contributed by atoms with Gasteiger partial charge in [-0.1, -0.05) is 150 Å². The highest BCUT2D eigenvalue weighted by Gasteiger charge is 2.36. The van der Waals surface area contributed by atoms with E-state index >= 15 is 4.57 Å². The summed E-state index contributed by atoms with van der Waals surface area (Å²) in [6.45, 7) is 26.2. The van der Waals surface area contributed by atoms with Crippen molar-refractivity contribution in [1.29, 1.82) is 0 Å². The van der Waals surface area contributed by atoms with E-state index in [1.54, 1.807) is 0 Å². The van der Waals surface area contributed by atoms with Gasteiger partial charge in [-0.15, -0.1) is 0 Å². The second-order valence-electron chi connectivity index (χ2n) is 16.0. The molecule has 0 amide bonds. The SMILES string of the molecule is CC(C)(C)c1ccc(OP(=O)(Oc2ccc(C(C)(C)C)cc2C(C)(C)C)c2cccc(-c3ccccc3)c2)c(C(C)(C)C)c1. The van der Waals surface area contributed by atoms with Crippen LogP contribution in [-0.2, 0) is 26.2 Å². The summed E-state index contributed by atoms with van der Waals surface area (Å²) in [5.41, 5.74) is 5.78. The van der Waals surface area contributed by atoms with E-state index in [4.69, 9.17) is 9.05 Å². The Labute approximate surface area is 266 Å². The first kappa shape index (κ1) is 33.6. The molecule has 3 nitrogen and oxygen atoms in total. The van der Waals surface area contributed by atoms with Crippen LogP contribution in [0.25, 0.3) is 11.1 Å². The highest BCUT2D eigenvalue weighted by molar-refractivity contribution is 7.63. The molecule has 0 saturated carbocycles. The molecule has 0 aliphatic rings. The fourth-order valence-electron chi connectivity index (χ4n) is 5.19. The lowest BCUT2D eigenvalue weighted by Crippen LogP contribution is -2.21. The molecule has 0 spiro atoms. The van der Waals surface area contributed by atoms with Crippen LogP contribution in [-0.4, -0.2) is 0 Å².